The molecule has 0 bridgehead atoms. The number of benzene rings is 2. The van der Waals surface area contributed by atoms with Crippen LogP contribution in [0, 0.1) is 17.2 Å². The molecule has 0 unspecified atom stereocenters. The Labute approximate surface area is 228 Å². The standard InChI is InChI=1S/C27H26ClF4N3O3S/c1-26-14-17-15-33-35(22-7-5-21(29)6-8-22)24(17)12-18(26)2-3-20(26)16-34(10-11-36)39(37,38)25-13-19(27(30,31)32)4-9-23(25)28/h4-9,12-13,15,20,36H,2-3,10-11,14,16H2,1H3/t20-,26+/m1/s1. The number of aromatic nitrogens is 2. The maximum atomic E-state index is 13.6. The number of allylic oxidation sites excluding steroid dienone is 1. The minimum absolute atomic E-state index is 0.00470. The van der Waals surface area contributed by atoms with Crippen LogP contribution in [0.1, 0.15) is 36.6 Å². The molecule has 12 heteroatoms. The van der Waals surface area contributed by atoms with Gasteiger partial charge in [-0.1, -0.05) is 24.1 Å². The van der Waals surface area contributed by atoms with E-state index in [4.69, 9.17) is 11.6 Å². The Hall–Kier alpha value is -2.73. The summed E-state index contributed by atoms with van der Waals surface area (Å²) in [7, 11) is -4.45. The molecule has 0 aliphatic heterocycles. The number of alkyl halides is 3. The van der Waals surface area contributed by atoms with Crippen LogP contribution < -0.4 is 0 Å². The summed E-state index contributed by atoms with van der Waals surface area (Å²) in [6, 6.07) is 8.21. The molecule has 0 spiro atoms. The van der Waals surface area contributed by atoms with Crippen molar-refractivity contribution in [3.05, 3.63) is 81.9 Å². The van der Waals surface area contributed by atoms with E-state index in [0.717, 1.165) is 33.3 Å². The van der Waals surface area contributed by atoms with E-state index in [1.165, 1.54) is 12.1 Å². The van der Waals surface area contributed by atoms with Crippen LogP contribution in [0.15, 0.2) is 59.1 Å². The minimum atomic E-state index is -4.74. The SMILES string of the molecule is C[C@]12Cc3cnn(-c4ccc(F)cc4)c3C=C1CC[C@@H]2CN(CCO)S(=O)(=O)c1cc(C(F)(F)F)ccc1Cl. The summed E-state index contributed by atoms with van der Waals surface area (Å²) < 4.78 is 83.3. The van der Waals surface area contributed by atoms with E-state index in [0.29, 0.717) is 31.0 Å². The van der Waals surface area contributed by atoms with Gasteiger partial charge >= 0.3 is 6.18 Å². The van der Waals surface area contributed by atoms with Gasteiger partial charge in [-0.2, -0.15) is 22.6 Å². The third-order valence-electron chi connectivity index (χ3n) is 7.87. The van der Waals surface area contributed by atoms with E-state index in [9.17, 15) is 31.1 Å². The highest BCUT2D eigenvalue weighted by Crippen LogP contribution is 2.53. The molecule has 3 aromatic rings. The van der Waals surface area contributed by atoms with Crippen LogP contribution in [0.4, 0.5) is 17.6 Å². The summed E-state index contributed by atoms with van der Waals surface area (Å²) in [4.78, 5) is -0.641. The topological polar surface area (TPSA) is 75.4 Å². The Morgan fingerprint density at radius 3 is 2.59 bits per heavy atom. The first-order chi connectivity index (χ1) is 18.3. The lowest BCUT2D eigenvalue weighted by Crippen LogP contribution is -2.42. The van der Waals surface area contributed by atoms with Gasteiger partial charge in [-0.3, -0.25) is 0 Å². The minimum Gasteiger partial charge on any atom is -0.395 e. The summed E-state index contributed by atoms with van der Waals surface area (Å²) in [6.07, 6.45) is 0.989. The van der Waals surface area contributed by atoms with Gasteiger partial charge in [0.05, 0.1) is 34.8 Å². The van der Waals surface area contributed by atoms with Crippen molar-refractivity contribution in [3.8, 4) is 5.69 Å². The maximum Gasteiger partial charge on any atom is 0.416 e. The van der Waals surface area contributed by atoms with Crippen molar-refractivity contribution in [3.63, 3.8) is 0 Å². The molecule has 0 amide bonds. The second-order valence-electron chi connectivity index (χ2n) is 10.2. The second kappa shape index (κ2) is 10.0. The van der Waals surface area contributed by atoms with Crippen LogP contribution in [0.5, 0.6) is 0 Å². The van der Waals surface area contributed by atoms with Gasteiger partial charge in [-0.05, 0) is 84.7 Å². The first-order valence-corrected chi connectivity index (χ1v) is 14.2. The van der Waals surface area contributed by atoms with Crippen molar-refractivity contribution in [2.75, 3.05) is 19.7 Å². The zero-order valence-electron chi connectivity index (χ0n) is 20.9. The molecule has 2 atom stereocenters. The lowest BCUT2D eigenvalue weighted by molar-refractivity contribution is -0.137. The fourth-order valence-electron chi connectivity index (χ4n) is 5.70. The van der Waals surface area contributed by atoms with E-state index in [2.05, 4.69) is 12.0 Å². The van der Waals surface area contributed by atoms with E-state index in [-0.39, 0.29) is 29.8 Å². The number of aliphatic hydroxyl groups is 1. The summed E-state index contributed by atoms with van der Waals surface area (Å²) in [5.41, 5.74) is 2.11. The van der Waals surface area contributed by atoms with Crippen LogP contribution >= 0.6 is 11.6 Å². The van der Waals surface area contributed by atoms with Crippen molar-refractivity contribution in [2.24, 2.45) is 11.3 Å². The van der Waals surface area contributed by atoms with Crippen LogP contribution in [0.3, 0.4) is 0 Å². The van der Waals surface area contributed by atoms with Gasteiger partial charge in [0.15, 0.2) is 0 Å². The molecule has 0 saturated heterocycles. The Bertz CT molecular complexity index is 1540. The highest BCUT2D eigenvalue weighted by Gasteiger charge is 2.47. The maximum absolute atomic E-state index is 13.6. The smallest absolute Gasteiger partial charge is 0.395 e. The third kappa shape index (κ3) is 5.01. The average molecular weight is 584 g/mol. The summed E-state index contributed by atoms with van der Waals surface area (Å²) >= 11 is 6.07. The number of rotatable bonds is 7. The molecule has 0 radical (unpaired) electrons. The molecule has 2 aliphatic rings. The lowest BCUT2D eigenvalue weighted by Gasteiger charge is -2.38. The van der Waals surface area contributed by atoms with Crippen molar-refractivity contribution in [1.82, 2.24) is 14.1 Å². The lowest BCUT2D eigenvalue weighted by atomic mass is 9.70. The first kappa shape index (κ1) is 27.8. The molecule has 1 fully saturated rings. The van der Waals surface area contributed by atoms with Gasteiger partial charge in [0.25, 0.3) is 0 Å². The van der Waals surface area contributed by atoms with E-state index < -0.39 is 38.7 Å². The first-order valence-electron chi connectivity index (χ1n) is 12.4. The molecule has 2 aromatic carbocycles. The molecule has 208 valence electrons. The fourth-order valence-corrected chi connectivity index (χ4v) is 7.67. The number of halogens is 5. The second-order valence-corrected chi connectivity index (χ2v) is 12.5. The summed E-state index contributed by atoms with van der Waals surface area (Å²) in [5, 5.41) is 13.8. The van der Waals surface area contributed by atoms with Crippen LogP contribution in [-0.4, -0.2) is 47.3 Å². The van der Waals surface area contributed by atoms with Crippen molar-refractivity contribution in [1.29, 1.82) is 0 Å². The zero-order chi connectivity index (χ0) is 28.2. The number of aliphatic hydroxyl groups excluding tert-OH is 1. The molecule has 1 N–H and O–H groups in total. The third-order valence-corrected chi connectivity index (χ3v) is 10.2. The normalized spacial score (nSPS) is 21.1. The van der Waals surface area contributed by atoms with Gasteiger partial charge in [-0.25, -0.2) is 17.5 Å². The quantitative estimate of drug-likeness (QED) is 0.361. The van der Waals surface area contributed by atoms with E-state index in [1.54, 1.807) is 23.0 Å². The Morgan fingerprint density at radius 1 is 1.21 bits per heavy atom. The molecule has 2 aliphatic carbocycles. The number of hydrogen-bond acceptors (Lipinski definition) is 4. The van der Waals surface area contributed by atoms with Crippen LogP contribution in [0.2, 0.25) is 5.02 Å². The van der Waals surface area contributed by atoms with Crippen molar-refractivity contribution in [2.45, 2.75) is 37.3 Å². The number of nitrogens with zero attached hydrogens (tertiary/aromatic N) is 3. The Kier molecular flexibility index (Phi) is 7.15. The average Bonchev–Trinajstić information content (AvgIpc) is 3.41. The van der Waals surface area contributed by atoms with Gasteiger partial charge < -0.3 is 5.11 Å². The molecule has 1 saturated carbocycles. The highest BCUT2D eigenvalue weighted by atomic mass is 35.5. The fraction of sp³-hybridized carbons (Fsp3) is 0.370. The van der Waals surface area contributed by atoms with Crippen LogP contribution in [-0.2, 0) is 22.6 Å². The van der Waals surface area contributed by atoms with Gasteiger partial charge in [0.1, 0.15) is 10.7 Å². The summed E-state index contributed by atoms with van der Waals surface area (Å²) in [5.74, 6) is -0.518. The van der Waals surface area contributed by atoms with Gasteiger partial charge in [-0.15, -0.1) is 0 Å². The Balaban J connectivity index is 1.45. The van der Waals surface area contributed by atoms with E-state index >= 15 is 0 Å². The van der Waals surface area contributed by atoms with Gasteiger partial charge in [0, 0.05) is 13.1 Å². The number of sulfonamides is 1. The van der Waals surface area contributed by atoms with Crippen molar-refractivity contribution < 1.29 is 31.1 Å². The molecule has 5 rings (SSSR count). The molecule has 1 heterocycles. The largest absolute Gasteiger partial charge is 0.416 e. The van der Waals surface area contributed by atoms with Crippen molar-refractivity contribution >= 4 is 27.7 Å². The molecular weight excluding hydrogens is 558 g/mol. The predicted octanol–water partition coefficient (Wildman–Crippen LogP) is 5.72. The molecular formula is C27H26ClF4N3O3S. The Morgan fingerprint density at radius 2 is 1.92 bits per heavy atom. The van der Waals surface area contributed by atoms with E-state index in [1.807, 2.05) is 6.08 Å². The predicted molar refractivity (Wildman–Crippen MR) is 138 cm³/mol. The number of hydrogen-bond donors (Lipinski definition) is 1. The van der Waals surface area contributed by atoms with Crippen LogP contribution in [0.25, 0.3) is 11.8 Å². The highest BCUT2D eigenvalue weighted by molar-refractivity contribution is 7.89. The van der Waals surface area contributed by atoms with Gasteiger partial charge in [0.2, 0.25) is 10.0 Å². The monoisotopic (exact) mass is 583 g/mol. The summed E-state index contributed by atoms with van der Waals surface area (Å²) in [6.45, 7) is 1.27. The molecule has 39 heavy (non-hydrogen) atoms. The zero-order valence-corrected chi connectivity index (χ0v) is 22.5. The number of fused-ring (bicyclic) bond motifs is 2. The molecule has 1 aromatic heterocycles. The molecule has 6 nitrogen and oxygen atoms in total.